The van der Waals surface area contributed by atoms with Crippen molar-refractivity contribution in [3.63, 3.8) is 0 Å². The van der Waals surface area contributed by atoms with Crippen LogP contribution in [0, 0.1) is 0 Å². The SMILES string of the molecule is CC(O)(COc1ccc(C(F)(F)F)cc1)c1ccccc1. The molecule has 0 saturated heterocycles. The van der Waals surface area contributed by atoms with Gasteiger partial charge >= 0.3 is 6.18 Å². The van der Waals surface area contributed by atoms with Gasteiger partial charge < -0.3 is 9.84 Å². The maximum absolute atomic E-state index is 12.4. The molecule has 2 aromatic rings. The molecule has 2 aromatic carbocycles. The van der Waals surface area contributed by atoms with Gasteiger partial charge in [0.05, 0.1) is 5.56 Å². The van der Waals surface area contributed by atoms with E-state index in [2.05, 4.69) is 0 Å². The molecule has 0 aliphatic carbocycles. The molecule has 0 saturated carbocycles. The van der Waals surface area contributed by atoms with Gasteiger partial charge in [-0.2, -0.15) is 13.2 Å². The molecular weight excluding hydrogens is 281 g/mol. The highest BCUT2D eigenvalue weighted by Gasteiger charge is 2.30. The summed E-state index contributed by atoms with van der Waals surface area (Å²) >= 11 is 0. The second-order valence-corrected chi connectivity index (χ2v) is 4.95. The minimum Gasteiger partial charge on any atom is -0.490 e. The first-order chi connectivity index (χ1) is 9.79. The molecule has 0 bridgehead atoms. The fourth-order valence-corrected chi connectivity index (χ4v) is 1.84. The largest absolute Gasteiger partial charge is 0.490 e. The van der Waals surface area contributed by atoms with Gasteiger partial charge in [0.25, 0.3) is 0 Å². The maximum Gasteiger partial charge on any atom is 0.416 e. The summed E-state index contributed by atoms with van der Waals surface area (Å²) in [6.07, 6.45) is -4.37. The first-order valence-electron chi connectivity index (χ1n) is 6.37. The van der Waals surface area contributed by atoms with E-state index in [9.17, 15) is 18.3 Å². The highest BCUT2D eigenvalue weighted by Crippen LogP contribution is 2.30. The quantitative estimate of drug-likeness (QED) is 0.924. The van der Waals surface area contributed by atoms with Gasteiger partial charge in [-0.3, -0.25) is 0 Å². The van der Waals surface area contributed by atoms with Gasteiger partial charge in [-0.05, 0) is 36.8 Å². The van der Waals surface area contributed by atoms with Crippen molar-refractivity contribution in [2.45, 2.75) is 18.7 Å². The Morgan fingerprint density at radius 2 is 1.48 bits per heavy atom. The van der Waals surface area contributed by atoms with Gasteiger partial charge in [-0.15, -0.1) is 0 Å². The summed E-state index contributed by atoms with van der Waals surface area (Å²) < 4.78 is 42.7. The van der Waals surface area contributed by atoms with E-state index in [-0.39, 0.29) is 12.4 Å². The van der Waals surface area contributed by atoms with Crippen LogP contribution in [0.2, 0.25) is 0 Å². The summed E-state index contributed by atoms with van der Waals surface area (Å²) in [7, 11) is 0. The lowest BCUT2D eigenvalue weighted by Gasteiger charge is -2.24. The van der Waals surface area contributed by atoms with E-state index >= 15 is 0 Å². The van der Waals surface area contributed by atoms with Crippen molar-refractivity contribution in [3.05, 3.63) is 65.7 Å². The van der Waals surface area contributed by atoms with Crippen LogP contribution in [-0.2, 0) is 11.8 Å². The minimum absolute atomic E-state index is 0.0532. The lowest BCUT2D eigenvalue weighted by atomic mass is 9.97. The fourth-order valence-electron chi connectivity index (χ4n) is 1.84. The number of ether oxygens (including phenoxy) is 1. The smallest absolute Gasteiger partial charge is 0.416 e. The van der Waals surface area contributed by atoms with E-state index in [4.69, 9.17) is 4.74 Å². The summed E-state index contributed by atoms with van der Waals surface area (Å²) in [4.78, 5) is 0. The van der Waals surface area contributed by atoms with Crippen molar-refractivity contribution in [1.29, 1.82) is 0 Å². The van der Waals surface area contributed by atoms with E-state index in [1.165, 1.54) is 12.1 Å². The first-order valence-corrected chi connectivity index (χ1v) is 6.37. The monoisotopic (exact) mass is 296 g/mol. The van der Waals surface area contributed by atoms with Gasteiger partial charge in [0.15, 0.2) is 0 Å². The van der Waals surface area contributed by atoms with Crippen LogP contribution in [0.25, 0.3) is 0 Å². The van der Waals surface area contributed by atoms with Gasteiger partial charge in [0.2, 0.25) is 0 Å². The molecule has 0 aliphatic heterocycles. The van der Waals surface area contributed by atoms with Gasteiger partial charge in [-0.25, -0.2) is 0 Å². The number of benzene rings is 2. The molecule has 0 fully saturated rings. The van der Waals surface area contributed by atoms with Crippen molar-refractivity contribution in [2.24, 2.45) is 0 Å². The third-order valence-electron chi connectivity index (χ3n) is 3.10. The third kappa shape index (κ3) is 3.98. The van der Waals surface area contributed by atoms with Crippen molar-refractivity contribution in [2.75, 3.05) is 6.61 Å². The summed E-state index contributed by atoms with van der Waals surface area (Å²) in [6, 6.07) is 13.3. The standard InChI is InChI=1S/C16H15F3O2/c1-15(20,12-5-3-2-4-6-12)11-21-14-9-7-13(8-10-14)16(17,18)19/h2-10,20H,11H2,1H3. The van der Waals surface area contributed by atoms with Crippen LogP contribution < -0.4 is 4.74 Å². The van der Waals surface area contributed by atoms with E-state index in [1.807, 2.05) is 6.07 Å². The average molecular weight is 296 g/mol. The second-order valence-electron chi connectivity index (χ2n) is 4.95. The van der Waals surface area contributed by atoms with Crippen LogP contribution in [-0.4, -0.2) is 11.7 Å². The van der Waals surface area contributed by atoms with Crippen LogP contribution in [0.3, 0.4) is 0 Å². The summed E-state index contributed by atoms with van der Waals surface area (Å²) in [5.74, 6) is 0.277. The van der Waals surface area contributed by atoms with E-state index in [0.29, 0.717) is 5.56 Å². The van der Waals surface area contributed by atoms with E-state index in [1.54, 1.807) is 31.2 Å². The average Bonchev–Trinajstić information content (AvgIpc) is 2.46. The van der Waals surface area contributed by atoms with Gasteiger partial charge in [0, 0.05) is 0 Å². The van der Waals surface area contributed by atoms with Gasteiger partial charge in [0.1, 0.15) is 18.0 Å². The molecule has 0 heterocycles. The molecule has 112 valence electrons. The Balaban J connectivity index is 2.03. The second kappa shape index (κ2) is 5.77. The fraction of sp³-hybridized carbons (Fsp3) is 0.250. The number of rotatable bonds is 4. The Morgan fingerprint density at radius 1 is 0.905 bits per heavy atom. The Hall–Kier alpha value is -2.01. The molecule has 1 atom stereocenters. The number of hydrogen-bond donors (Lipinski definition) is 1. The van der Waals surface area contributed by atoms with Crippen molar-refractivity contribution in [3.8, 4) is 5.75 Å². The lowest BCUT2D eigenvalue weighted by molar-refractivity contribution is -0.137. The zero-order valence-corrected chi connectivity index (χ0v) is 11.4. The van der Waals surface area contributed by atoms with Crippen LogP contribution in [0.15, 0.2) is 54.6 Å². The highest BCUT2D eigenvalue weighted by molar-refractivity contribution is 5.29. The third-order valence-corrected chi connectivity index (χ3v) is 3.10. The molecule has 0 radical (unpaired) electrons. The highest BCUT2D eigenvalue weighted by atomic mass is 19.4. The molecule has 0 spiro atoms. The minimum atomic E-state index is -4.37. The molecule has 0 amide bonds. The Bertz CT molecular complexity index is 575. The first kappa shape index (κ1) is 15.4. The van der Waals surface area contributed by atoms with Crippen molar-refractivity contribution in [1.82, 2.24) is 0 Å². The molecule has 1 unspecified atom stereocenters. The van der Waals surface area contributed by atoms with Crippen molar-refractivity contribution >= 4 is 0 Å². The summed E-state index contributed by atoms with van der Waals surface area (Å²) in [6.45, 7) is 1.54. The molecular formula is C16H15F3O2. The molecule has 0 aliphatic rings. The molecule has 2 nitrogen and oxygen atoms in total. The molecule has 21 heavy (non-hydrogen) atoms. The van der Waals surface area contributed by atoms with E-state index in [0.717, 1.165) is 12.1 Å². The van der Waals surface area contributed by atoms with Crippen LogP contribution in [0.5, 0.6) is 5.75 Å². The molecule has 2 rings (SSSR count). The van der Waals surface area contributed by atoms with Crippen LogP contribution in [0.4, 0.5) is 13.2 Å². The molecule has 0 aromatic heterocycles. The van der Waals surface area contributed by atoms with Crippen LogP contribution >= 0.6 is 0 Å². The number of alkyl halides is 3. The Labute approximate surface area is 120 Å². The van der Waals surface area contributed by atoms with Crippen LogP contribution in [0.1, 0.15) is 18.1 Å². The number of aliphatic hydroxyl groups is 1. The molecule has 5 heteroatoms. The molecule has 1 N–H and O–H groups in total. The zero-order valence-electron chi connectivity index (χ0n) is 11.4. The van der Waals surface area contributed by atoms with Crippen molar-refractivity contribution < 1.29 is 23.0 Å². The summed E-state index contributed by atoms with van der Waals surface area (Å²) in [5, 5.41) is 10.3. The predicted molar refractivity (Wildman–Crippen MR) is 73.0 cm³/mol. The zero-order chi connectivity index (χ0) is 15.5. The lowest BCUT2D eigenvalue weighted by Crippen LogP contribution is -2.29. The summed E-state index contributed by atoms with van der Waals surface area (Å²) in [5.41, 5.74) is -1.27. The Kier molecular flexibility index (Phi) is 4.23. The maximum atomic E-state index is 12.4. The van der Waals surface area contributed by atoms with Gasteiger partial charge in [-0.1, -0.05) is 30.3 Å². The Morgan fingerprint density at radius 3 is 2.00 bits per heavy atom. The van der Waals surface area contributed by atoms with E-state index < -0.39 is 17.3 Å². The number of hydrogen-bond acceptors (Lipinski definition) is 2. The normalized spacial score (nSPS) is 14.5. The number of halogens is 3. The topological polar surface area (TPSA) is 29.5 Å². The predicted octanol–water partition coefficient (Wildman–Crippen LogP) is 3.99.